The molecule has 4 aromatic rings. The average molecular weight is 422 g/mol. The normalized spacial score (nSPS) is 13.8. The summed E-state index contributed by atoms with van der Waals surface area (Å²) < 4.78 is -0.239. The van der Waals surface area contributed by atoms with Crippen LogP contribution in [0.3, 0.4) is 0 Å². The van der Waals surface area contributed by atoms with Gasteiger partial charge in [-0.1, -0.05) is 72.8 Å². The van der Waals surface area contributed by atoms with Crippen LogP contribution in [0.4, 0.5) is 0 Å². The molecule has 0 aliphatic rings. The van der Waals surface area contributed by atoms with E-state index in [9.17, 15) is 10.1 Å². The SMILES string of the molecule is O=[N+]([O-])S(Cl)(c1ccccc1)(c1ccccc1)(c1ccccc1)c1ccccc1. The Bertz CT molecular complexity index is 993. The highest BCUT2D eigenvalue weighted by atomic mass is 35.7. The zero-order valence-electron chi connectivity index (χ0n) is 15.6. The first kappa shape index (κ1) is 19.2. The number of hydrogen-bond acceptors (Lipinski definition) is 2. The van der Waals surface area contributed by atoms with Gasteiger partial charge in [0, 0.05) is 0 Å². The summed E-state index contributed by atoms with van der Waals surface area (Å²) in [5.41, 5.74) is 0. The van der Waals surface area contributed by atoms with Gasteiger partial charge in [-0.2, -0.15) is 0 Å². The smallest absolute Gasteiger partial charge is 0.0772 e. The van der Waals surface area contributed by atoms with Crippen LogP contribution in [-0.2, 0) is 0 Å². The summed E-state index contributed by atoms with van der Waals surface area (Å²) in [6.07, 6.45) is 0. The summed E-state index contributed by atoms with van der Waals surface area (Å²) >= 11 is 0. The first-order valence-corrected chi connectivity index (χ1v) is 12.4. The van der Waals surface area contributed by atoms with E-state index in [4.69, 9.17) is 10.7 Å². The molecule has 29 heavy (non-hydrogen) atoms. The van der Waals surface area contributed by atoms with Crippen LogP contribution in [0, 0.1) is 10.1 Å². The lowest BCUT2D eigenvalue weighted by molar-refractivity contribution is -0.309. The molecule has 0 amide bonds. The minimum Gasteiger partial charge on any atom is -0.252 e. The molecule has 5 heteroatoms. The fourth-order valence-electron chi connectivity index (χ4n) is 4.11. The van der Waals surface area contributed by atoms with E-state index in [1.165, 1.54) is 0 Å². The highest BCUT2D eigenvalue weighted by molar-refractivity contribution is 8.75. The summed E-state index contributed by atoms with van der Waals surface area (Å²) in [6, 6.07) is 35.9. The number of nitro groups is 1. The minimum absolute atomic E-state index is 0.239. The molecule has 3 nitrogen and oxygen atoms in total. The summed E-state index contributed by atoms with van der Waals surface area (Å²) in [5, 5.41) is 13.6. The van der Waals surface area contributed by atoms with E-state index in [2.05, 4.69) is 0 Å². The predicted octanol–water partition coefficient (Wildman–Crippen LogP) is 7.44. The number of benzene rings is 4. The molecule has 0 bridgehead atoms. The first-order chi connectivity index (χ1) is 14.0. The van der Waals surface area contributed by atoms with Crippen LogP contribution in [0.15, 0.2) is 141 Å². The topological polar surface area (TPSA) is 43.1 Å². The quantitative estimate of drug-likeness (QED) is 0.248. The molecule has 4 rings (SSSR count). The van der Waals surface area contributed by atoms with Gasteiger partial charge in [-0.05, 0) is 59.2 Å². The van der Waals surface area contributed by atoms with Crippen molar-refractivity contribution in [1.82, 2.24) is 0 Å². The standard InChI is InChI=1S/C24H20ClNO2S/c25-29(26(27)28,21-13-5-1-6-14-21,22-15-7-2-8-16-22,23-17-9-3-10-18-23)24-19-11-4-12-20-24/h1-20H. The van der Waals surface area contributed by atoms with Crippen LogP contribution >= 0.6 is 18.4 Å². The number of halogens is 1. The van der Waals surface area contributed by atoms with E-state index < -0.39 is 7.69 Å². The highest BCUT2D eigenvalue weighted by Gasteiger charge is 2.75. The maximum Gasteiger partial charge on any atom is 0.0772 e. The Morgan fingerprint density at radius 1 is 0.517 bits per heavy atom. The monoisotopic (exact) mass is 421 g/mol. The molecule has 146 valence electrons. The molecule has 0 saturated heterocycles. The molecule has 0 spiro atoms. The van der Waals surface area contributed by atoms with Crippen molar-refractivity contribution in [3.63, 3.8) is 0 Å². The maximum atomic E-state index is 13.6. The Morgan fingerprint density at radius 2 is 0.724 bits per heavy atom. The van der Waals surface area contributed by atoms with Crippen LogP contribution in [0.5, 0.6) is 0 Å². The van der Waals surface area contributed by atoms with Crippen LogP contribution in [0.1, 0.15) is 0 Å². The average Bonchev–Trinajstić information content (AvgIpc) is 2.81. The lowest BCUT2D eigenvalue weighted by atomic mass is 10.3. The largest absolute Gasteiger partial charge is 0.252 e. The summed E-state index contributed by atoms with van der Waals surface area (Å²) in [4.78, 5) is 15.4. The summed E-state index contributed by atoms with van der Waals surface area (Å²) in [6.45, 7) is 0. The van der Waals surface area contributed by atoms with Gasteiger partial charge in [0.2, 0.25) is 0 Å². The van der Waals surface area contributed by atoms with Crippen LogP contribution in [-0.4, -0.2) is 4.33 Å². The van der Waals surface area contributed by atoms with Gasteiger partial charge >= 0.3 is 0 Å². The Labute approximate surface area is 173 Å². The third-order valence-corrected chi connectivity index (χ3v) is 14.2. The molecule has 0 saturated carbocycles. The second kappa shape index (κ2) is 6.48. The van der Waals surface area contributed by atoms with Gasteiger partial charge in [-0.15, -0.1) is 0 Å². The molecule has 4 aromatic carbocycles. The highest BCUT2D eigenvalue weighted by Crippen LogP contribution is 3.09. The third kappa shape index (κ3) is 2.10. The van der Waals surface area contributed by atoms with Crippen molar-refractivity contribution >= 4 is 18.4 Å². The van der Waals surface area contributed by atoms with Crippen molar-refractivity contribution in [3.8, 4) is 0 Å². The van der Waals surface area contributed by atoms with E-state index in [1.54, 1.807) is 97.1 Å². The number of rotatable bonds is 5. The van der Waals surface area contributed by atoms with Crippen LogP contribution in [0.2, 0.25) is 0 Å². The molecular formula is C24H20ClNO2S. The van der Waals surface area contributed by atoms with Gasteiger partial charge < -0.3 is 0 Å². The molecule has 0 radical (unpaired) electrons. The van der Waals surface area contributed by atoms with Crippen molar-refractivity contribution in [2.45, 2.75) is 19.6 Å². The fraction of sp³-hybridized carbons (Fsp3) is 0. The van der Waals surface area contributed by atoms with E-state index >= 15 is 0 Å². The molecule has 0 atom stereocenters. The van der Waals surface area contributed by atoms with Gasteiger partial charge in [0.1, 0.15) is 0 Å². The third-order valence-electron chi connectivity index (χ3n) is 5.52. The summed E-state index contributed by atoms with van der Waals surface area (Å²) in [7, 11) is 2.67. The van der Waals surface area contributed by atoms with E-state index in [0.29, 0.717) is 19.6 Å². The maximum absolute atomic E-state index is 13.6. The van der Waals surface area contributed by atoms with Gasteiger partial charge in [0.05, 0.1) is 31.6 Å². The molecule has 0 aromatic heterocycles. The second-order valence-electron chi connectivity index (χ2n) is 6.83. The molecule has 0 N–H and O–H groups in total. The van der Waals surface area contributed by atoms with Crippen LogP contribution < -0.4 is 0 Å². The lowest BCUT2D eigenvalue weighted by Gasteiger charge is -2.66. The van der Waals surface area contributed by atoms with Gasteiger partial charge in [0.25, 0.3) is 0 Å². The molecular weight excluding hydrogens is 402 g/mol. The van der Waals surface area contributed by atoms with Crippen molar-refractivity contribution in [2.75, 3.05) is 0 Å². The molecule has 0 aliphatic heterocycles. The Kier molecular flexibility index (Phi) is 4.30. The van der Waals surface area contributed by atoms with Crippen molar-refractivity contribution in [1.29, 1.82) is 0 Å². The molecule has 0 aliphatic carbocycles. The first-order valence-electron chi connectivity index (χ1n) is 9.16. The minimum atomic E-state index is -5.24. The molecule has 0 heterocycles. The van der Waals surface area contributed by atoms with Gasteiger partial charge in [-0.25, -0.2) is 0 Å². The summed E-state index contributed by atoms with van der Waals surface area (Å²) in [5.74, 6) is 0. The van der Waals surface area contributed by atoms with E-state index in [1.807, 2.05) is 24.3 Å². The lowest BCUT2D eigenvalue weighted by Crippen LogP contribution is -2.39. The van der Waals surface area contributed by atoms with Gasteiger partial charge in [-0.3, -0.25) is 10.1 Å². The van der Waals surface area contributed by atoms with Crippen molar-refractivity contribution in [3.05, 3.63) is 131 Å². The Balaban J connectivity index is 2.44. The van der Waals surface area contributed by atoms with E-state index in [0.717, 1.165) is 0 Å². The second-order valence-corrected chi connectivity index (χ2v) is 14.0. The zero-order chi connectivity index (χ0) is 20.4. The molecule has 0 fully saturated rings. The Hall–Kier alpha value is -3.08. The van der Waals surface area contributed by atoms with Gasteiger partial charge in [0.15, 0.2) is 0 Å². The van der Waals surface area contributed by atoms with E-state index in [-0.39, 0.29) is 4.33 Å². The van der Waals surface area contributed by atoms with Crippen LogP contribution in [0.25, 0.3) is 0 Å². The van der Waals surface area contributed by atoms with Crippen molar-refractivity contribution in [2.24, 2.45) is 0 Å². The number of nitrogens with zero attached hydrogens (tertiary/aromatic N) is 1. The fourth-order valence-corrected chi connectivity index (χ4v) is 10.8. The van der Waals surface area contributed by atoms with Crippen molar-refractivity contribution < 1.29 is 4.33 Å². The molecule has 0 unspecified atom stereocenters. The Morgan fingerprint density at radius 3 is 0.897 bits per heavy atom. The predicted molar refractivity (Wildman–Crippen MR) is 119 cm³/mol. The zero-order valence-corrected chi connectivity index (χ0v) is 17.2. The number of hydrogen-bond donors (Lipinski definition) is 0.